The Morgan fingerprint density at radius 1 is 1.33 bits per heavy atom. The summed E-state index contributed by atoms with van der Waals surface area (Å²) in [5, 5.41) is 0. The van der Waals surface area contributed by atoms with Gasteiger partial charge in [0.15, 0.2) is 0 Å². The summed E-state index contributed by atoms with van der Waals surface area (Å²) in [6.07, 6.45) is 2.23. The maximum absolute atomic E-state index is 12.0. The van der Waals surface area contributed by atoms with Gasteiger partial charge in [0.05, 0.1) is 6.67 Å². The minimum Gasteiger partial charge on any atom is -0.252 e. The summed E-state index contributed by atoms with van der Waals surface area (Å²) in [6.45, 7) is 6.67. The summed E-state index contributed by atoms with van der Waals surface area (Å²) in [5.74, 6) is 0.264. The third-order valence-corrected chi connectivity index (χ3v) is 2.10. The molecule has 0 spiro atoms. The van der Waals surface area contributed by atoms with Crippen LogP contribution in [0.25, 0.3) is 0 Å². The average Bonchev–Trinajstić information content (AvgIpc) is 1.90. The van der Waals surface area contributed by atoms with Crippen LogP contribution in [0.4, 0.5) is 4.39 Å². The fraction of sp³-hybridized carbons (Fsp3) is 1.00. The van der Waals surface area contributed by atoms with Gasteiger partial charge in [-0.05, 0) is 5.82 Å². The van der Waals surface area contributed by atoms with Crippen molar-refractivity contribution in [1.29, 1.82) is 0 Å². The van der Waals surface area contributed by atoms with Gasteiger partial charge in [-0.3, -0.25) is 4.39 Å². The van der Waals surface area contributed by atoms with Crippen molar-refractivity contribution in [2.24, 2.45) is 0 Å². The van der Waals surface area contributed by atoms with Crippen LogP contribution in [0.3, 0.4) is 0 Å². The molecule has 0 N–H and O–H groups in total. The number of hydrogen-bond donors (Lipinski definition) is 0. The van der Waals surface area contributed by atoms with Gasteiger partial charge >= 0.3 is 0 Å². The van der Waals surface area contributed by atoms with E-state index in [0.717, 1.165) is 12.6 Å². The molecule has 0 bridgehead atoms. The molecule has 0 aromatic heterocycles. The minimum absolute atomic E-state index is 0.160. The monoisotopic (exact) mass is 130 g/mol. The molecule has 0 aromatic carbocycles. The SMILES string of the molecule is CCB(CC)C(C)CF. The van der Waals surface area contributed by atoms with E-state index in [4.69, 9.17) is 0 Å². The van der Waals surface area contributed by atoms with E-state index in [9.17, 15) is 4.39 Å². The van der Waals surface area contributed by atoms with Gasteiger partial charge in [-0.1, -0.05) is 33.4 Å². The molecule has 0 amide bonds. The predicted molar refractivity (Wildman–Crippen MR) is 42.1 cm³/mol. The van der Waals surface area contributed by atoms with Crippen LogP contribution in [0, 0.1) is 0 Å². The zero-order valence-corrected chi connectivity index (χ0v) is 6.65. The fourth-order valence-corrected chi connectivity index (χ4v) is 1.22. The second kappa shape index (κ2) is 4.83. The minimum atomic E-state index is -0.160. The van der Waals surface area contributed by atoms with Crippen molar-refractivity contribution < 1.29 is 4.39 Å². The molecular weight excluding hydrogens is 114 g/mol. The summed E-state index contributed by atoms with van der Waals surface area (Å²) < 4.78 is 12.0. The first kappa shape index (κ1) is 8.99. The van der Waals surface area contributed by atoms with Gasteiger partial charge in [0.2, 0.25) is 0 Å². The maximum atomic E-state index is 12.0. The van der Waals surface area contributed by atoms with Crippen molar-refractivity contribution in [2.45, 2.75) is 39.2 Å². The Balaban J connectivity index is 3.50. The van der Waals surface area contributed by atoms with E-state index < -0.39 is 0 Å². The molecule has 0 aliphatic heterocycles. The number of rotatable bonds is 4. The number of halogens is 1. The largest absolute Gasteiger partial charge is 0.252 e. The average molecular weight is 130 g/mol. The van der Waals surface area contributed by atoms with E-state index in [2.05, 4.69) is 13.8 Å². The van der Waals surface area contributed by atoms with Crippen LogP contribution in [0.15, 0.2) is 0 Å². The first-order chi connectivity index (χ1) is 4.26. The fourth-order valence-electron chi connectivity index (χ4n) is 1.22. The number of hydrogen-bond acceptors (Lipinski definition) is 0. The Hall–Kier alpha value is -0.00506. The lowest BCUT2D eigenvalue weighted by molar-refractivity contribution is 0.481. The molecule has 0 aliphatic rings. The van der Waals surface area contributed by atoms with Crippen molar-refractivity contribution in [1.82, 2.24) is 0 Å². The van der Waals surface area contributed by atoms with Crippen molar-refractivity contribution in [3.63, 3.8) is 0 Å². The summed E-state index contributed by atoms with van der Waals surface area (Å²) in [4.78, 5) is 0. The van der Waals surface area contributed by atoms with Crippen LogP contribution in [-0.4, -0.2) is 13.4 Å². The molecule has 0 rings (SSSR count). The first-order valence-corrected chi connectivity index (χ1v) is 3.82. The van der Waals surface area contributed by atoms with Gasteiger partial charge in [-0.25, -0.2) is 0 Å². The van der Waals surface area contributed by atoms with Gasteiger partial charge in [-0.2, -0.15) is 0 Å². The number of alkyl halides is 1. The zero-order chi connectivity index (χ0) is 7.28. The normalized spacial score (nSPS) is 13.3. The zero-order valence-electron chi connectivity index (χ0n) is 6.65. The molecule has 0 fully saturated rings. The summed E-state index contributed by atoms with van der Waals surface area (Å²) in [7, 11) is 0. The highest BCUT2D eigenvalue weighted by Gasteiger charge is 2.16. The van der Waals surface area contributed by atoms with E-state index in [-0.39, 0.29) is 12.5 Å². The molecule has 2 heteroatoms. The molecule has 1 atom stereocenters. The van der Waals surface area contributed by atoms with Gasteiger partial charge in [0.25, 0.3) is 0 Å². The highest BCUT2D eigenvalue weighted by molar-refractivity contribution is 6.60. The van der Waals surface area contributed by atoms with Crippen molar-refractivity contribution >= 4 is 6.71 Å². The van der Waals surface area contributed by atoms with Gasteiger partial charge < -0.3 is 0 Å². The molecule has 0 aromatic rings. The topological polar surface area (TPSA) is 0 Å². The van der Waals surface area contributed by atoms with Crippen molar-refractivity contribution in [3.05, 3.63) is 0 Å². The third-order valence-electron chi connectivity index (χ3n) is 2.10. The van der Waals surface area contributed by atoms with Crippen LogP contribution >= 0.6 is 0 Å². The van der Waals surface area contributed by atoms with E-state index >= 15 is 0 Å². The maximum Gasteiger partial charge on any atom is 0.145 e. The second-order valence-corrected chi connectivity index (χ2v) is 2.71. The summed E-state index contributed by atoms with van der Waals surface area (Å²) in [6, 6.07) is 0. The molecule has 0 heterocycles. The molecular formula is C7H16BF. The summed E-state index contributed by atoms with van der Waals surface area (Å²) >= 11 is 0. The van der Waals surface area contributed by atoms with Crippen LogP contribution in [0.5, 0.6) is 0 Å². The molecule has 0 saturated heterocycles. The van der Waals surface area contributed by atoms with E-state index in [1.54, 1.807) is 0 Å². The van der Waals surface area contributed by atoms with Gasteiger partial charge in [0, 0.05) is 0 Å². The Kier molecular flexibility index (Phi) is 4.83. The Morgan fingerprint density at radius 2 is 1.78 bits per heavy atom. The lowest BCUT2D eigenvalue weighted by Crippen LogP contribution is -2.17. The molecule has 0 radical (unpaired) electrons. The van der Waals surface area contributed by atoms with E-state index in [1.807, 2.05) is 6.92 Å². The van der Waals surface area contributed by atoms with Crippen LogP contribution in [0.1, 0.15) is 20.8 Å². The van der Waals surface area contributed by atoms with Crippen molar-refractivity contribution in [3.8, 4) is 0 Å². The van der Waals surface area contributed by atoms with Crippen LogP contribution in [0.2, 0.25) is 18.5 Å². The van der Waals surface area contributed by atoms with E-state index in [0.29, 0.717) is 6.71 Å². The van der Waals surface area contributed by atoms with E-state index in [1.165, 1.54) is 0 Å². The predicted octanol–water partition coefficient (Wildman–Crippen LogP) is 2.88. The smallest absolute Gasteiger partial charge is 0.145 e. The molecule has 0 aliphatic carbocycles. The van der Waals surface area contributed by atoms with Gasteiger partial charge in [-0.15, -0.1) is 0 Å². The molecule has 0 saturated carbocycles. The first-order valence-electron chi connectivity index (χ1n) is 3.82. The Morgan fingerprint density at radius 3 is 1.89 bits per heavy atom. The lowest BCUT2D eigenvalue weighted by Gasteiger charge is -2.13. The Bertz CT molecular complexity index is 61.9. The molecule has 9 heavy (non-hydrogen) atoms. The molecule has 54 valence electrons. The Labute approximate surface area is 57.9 Å². The van der Waals surface area contributed by atoms with Crippen LogP contribution in [-0.2, 0) is 0 Å². The highest BCUT2D eigenvalue weighted by atomic mass is 19.1. The third kappa shape index (κ3) is 2.88. The molecule has 0 nitrogen and oxygen atoms in total. The standard InChI is InChI=1S/C7H16BF/c1-4-8(5-2)7(3)6-9/h7H,4-6H2,1-3H3. The second-order valence-electron chi connectivity index (χ2n) is 2.71. The quantitative estimate of drug-likeness (QED) is 0.513. The summed E-state index contributed by atoms with van der Waals surface area (Å²) in [5.41, 5.74) is 0. The molecule has 1 unspecified atom stereocenters. The highest BCUT2D eigenvalue weighted by Crippen LogP contribution is 2.16. The van der Waals surface area contributed by atoms with Gasteiger partial charge in [0.1, 0.15) is 6.71 Å². The lowest BCUT2D eigenvalue weighted by atomic mass is 9.38. The van der Waals surface area contributed by atoms with Crippen LogP contribution < -0.4 is 0 Å². The van der Waals surface area contributed by atoms with Crippen molar-refractivity contribution in [2.75, 3.05) is 6.67 Å².